The van der Waals surface area contributed by atoms with Gasteiger partial charge in [-0.2, -0.15) is 0 Å². The Bertz CT molecular complexity index is 466. The predicted octanol–water partition coefficient (Wildman–Crippen LogP) is 2.25. The summed E-state index contributed by atoms with van der Waals surface area (Å²) in [6, 6.07) is 7.74. The minimum absolute atomic E-state index is 0.136. The molecule has 1 amide bonds. The second-order valence-corrected chi connectivity index (χ2v) is 6.12. The Kier molecular flexibility index (Phi) is 5.76. The van der Waals surface area contributed by atoms with Crippen LogP contribution in [0.2, 0.25) is 0 Å². The van der Waals surface area contributed by atoms with Crippen LogP contribution in [-0.2, 0) is 11.3 Å². The van der Waals surface area contributed by atoms with E-state index in [1.807, 2.05) is 29.2 Å². The van der Waals surface area contributed by atoms with Gasteiger partial charge in [0.1, 0.15) is 0 Å². The first-order chi connectivity index (χ1) is 10.1. The van der Waals surface area contributed by atoms with Gasteiger partial charge in [-0.15, -0.1) is 0 Å². The van der Waals surface area contributed by atoms with Gasteiger partial charge >= 0.3 is 0 Å². The van der Waals surface area contributed by atoms with Gasteiger partial charge in [0.05, 0.1) is 6.61 Å². The van der Waals surface area contributed by atoms with Gasteiger partial charge in [-0.3, -0.25) is 9.69 Å². The molecule has 0 aromatic heterocycles. The molecule has 116 valence electrons. The minimum Gasteiger partial charge on any atom is -0.380 e. The smallest absolute Gasteiger partial charge is 0.253 e. The molecule has 21 heavy (non-hydrogen) atoms. The number of rotatable bonds is 5. The Morgan fingerprint density at radius 2 is 1.95 bits per heavy atom. The van der Waals surface area contributed by atoms with E-state index in [-0.39, 0.29) is 5.91 Å². The summed E-state index contributed by atoms with van der Waals surface area (Å²) in [6.07, 6.45) is 0. The third-order valence-electron chi connectivity index (χ3n) is 3.77. The summed E-state index contributed by atoms with van der Waals surface area (Å²) in [5, 5.41) is 0. The number of benzene rings is 1. The fourth-order valence-corrected chi connectivity index (χ4v) is 2.79. The van der Waals surface area contributed by atoms with Crippen molar-refractivity contribution in [1.29, 1.82) is 0 Å². The highest BCUT2D eigenvalue weighted by Gasteiger charge is 2.22. The number of carbonyl (C=O) groups excluding carboxylic acids is 1. The summed E-state index contributed by atoms with van der Waals surface area (Å²) < 4.78 is 5.13. The topological polar surface area (TPSA) is 32.8 Å². The zero-order chi connectivity index (χ0) is 15.2. The molecule has 1 saturated heterocycles. The van der Waals surface area contributed by atoms with Crippen molar-refractivity contribution in [1.82, 2.24) is 9.80 Å². The largest absolute Gasteiger partial charge is 0.380 e. The first-order valence-electron chi connectivity index (χ1n) is 7.69. The van der Waals surface area contributed by atoms with E-state index in [4.69, 9.17) is 4.74 Å². The normalized spacial score (nSPS) is 16.5. The van der Waals surface area contributed by atoms with Crippen molar-refractivity contribution in [2.75, 3.05) is 39.8 Å². The summed E-state index contributed by atoms with van der Waals surface area (Å²) in [5.74, 6) is 0.815. The highest BCUT2D eigenvalue weighted by molar-refractivity contribution is 5.94. The lowest BCUT2D eigenvalue weighted by atomic mass is 10.1. The lowest BCUT2D eigenvalue weighted by molar-refractivity contribution is 0.0623. The molecule has 2 rings (SSSR count). The Hall–Kier alpha value is -1.39. The Morgan fingerprint density at radius 1 is 1.24 bits per heavy atom. The minimum atomic E-state index is 0.136. The monoisotopic (exact) mass is 290 g/mol. The molecule has 0 bridgehead atoms. The zero-order valence-electron chi connectivity index (χ0n) is 13.3. The Labute approximate surface area is 127 Å². The van der Waals surface area contributed by atoms with Crippen molar-refractivity contribution >= 4 is 5.91 Å². The summed E-state index contributed by atoms with van der Waals surface area (Å²) in [5.41, 5.74) is 1.81. The lowest BCUT2D eigenvalue weighted by Crippen LogP contribution is -2.49. The Morgan fingerprint density at radius 3 is 2.57 bits per heavy atom. The van der Waals surface area contributed by atoms with Gasteiger partial charge in [-0.05, 0) is 23.6 Å². The van der Waals surface area contributed by atoms with Crippen LogP contribution in [0.3, 0.4) is 0 Å². The molecule has 0 unspecified atom stereocenters. The van der Waals surface area contributed by atoms with Crippen LogP contribution < -0.4 is 0 Å². The van der Waals surface area contributed by atoms with E-state index in [2.05, 4.69) is 18.7 Å². The van der Waals surface area contributed by atoms with Gasteiger partial charge < -0.3 is 9.64 Å². The second kappa shape index (κ2) is 7.57. The third kappa shape index (κ3) is 4.55. The van der Waals surface area contributed by atoms with Gasteiger partial charge in [0.15, 0.2) is 0 Å². The standard InChI is InChI=1S/C17H26N2O2/c1-14(2)12-18-7-9-19(10-8-18)17(20)16-6-4-5-15(11-16)13-21-3/h4-6,11,14H,7-10,12-13H2,1-3H3. The van der Waals surface area contributed by atoms with Gasteiger partial charge in [-0.25, -0.2) is 0 Å². The van der Waals surface area contributed by atoms with Crippen LogP contribution in [-0.4, -0.2) is 55.5 Å². The van der Waals surface area contributed by atoms with E-state index in [0.717, 1.165) is 43.9 Å². The summed E-state index contributed by atoms with van der Waals surface area (Å²) in [7, 11) is 1.67. The van der Waals surface area contributed by atoms with Crippen LogP contribution in [0.4, 0.5) is 0 Å². The highest BCUT2D eigenvalue weighted by atomic mass is 16.5. The fourth-order valence-electron chi connectivity index (χ4n) is 2.79. The summed E-state index contributed by atoms with van der Waals surface area (Å²) in [6.45, 7) is 9.72. The van der Waals surface area contributed by atoms with Crippen LogP contribution in [0.15, 0.2) is 24.3 Å². The van der Waals surface area contributed by atoms with E-state index < -0.39 is 0 Å². The van der Waals surface area contributed by atoms with E-state index in [0.29, 0.717) is 12.5 Å². The van der Waals surface area contributed by atoms with Crippen molar-refractivity contribution in [3.63, 3.8) is 0 Å². The SMILES string of the molecule is COCc1cccc(C(=O)N2CCN(CC(C)C)CC2)c1. The molecule has 1 heterocycles. The molecule has 1 aliphatic rings. The van der Waals surface area contributed by atoms with Crippen molar-refractivity contribution in [3.05, 3.63) is 35.4 Å². The molecule has 0 saturated carbocycles. The number of piperazine rings is 1. The third-order valence-corrected chi connectivity index (χ3v) is 3.77. The molecule has 1 fully saturated rings. The molecule has 1 aromatic rings. The predicted molar refractivity (Wildman–Crippen MR) is 84.3 cm³/mol. The number of methoxy groups -OCH3 is 1. The Balaban J connectivity index is 1.94. The summed E-state index contributed by atoms with van der Waals surface area (Å²) >= 11 is 0. The van der Waals surface area contributed by atoms with E-state index in [9.17, 15) is 4.79 Å². The number of hydrogen-bond acceptors (Lipinski definition) is 3. The van der Waals surface area contributed by atoms with Gasteiger partial charge in [-0.1, -0.05) is 26.0 Å². The fraction of sp³-hybridized carbons (Fsp3) is 0.588. The average molecular weight is 290 g/mol. The quantitative estimate of drug-likeness (QED) is 0.834. The molecular weight excluding hydrogens is 264 g/mol. The molecule has 4 nitrogen and oxygen atoms in total. The molecular formula is C17H26N2O2. The van der Waals surface area contributed by atoms with E-state index in [1.54, 1.807) is 7.11 Å². The van der Waals surface area contributed by atoms with Crippen LogP contribution in [0.25, 0.3) is 0 Å². The highest BCUT2D eigenvalue weighted by Crippen LogP contribution is 2.12. The van der Waals surface area contributed by atoms with Crippen molar-refractivity contribution in [2.45, 2.75) is 20.5 Å². The average Bonchev–Trinajstić information content (AvgIpc) is 2.47. The van der Waals surface area contributed by atoms with E-state index >= 15 is 0 Å². The number of hydrogen-bond donors (Lipinski definition) is 0. The van der Waals surface area contributed by atoms with Crippen molar-refractivity contribution in [3.8, 4) is 0 Å². The molecule has 4 heteroatoms. The van der Waals surface area contributed by atoms with Gasteiger partial charge in [0.25, 0.3) is 5.91 Å². The number of amides is 1. The maximum Gasteiger partial charge on any atom is 0.253 e. The van der Waals surface area contributed by atoms with Crippen LogP contribution in [0.1, 0.15) is 29.8 Å². The van der Waals surface area contributed by atoms with Gasteiger partial charge in [0.2, 0.25) is 0 Å². The molecule has 1 aliphatic heterocycles. The maximum absolute atomic E-state index is 12.6. The molecule has 0 aliphatic carbocycles. The van der Waals surface area contributed by atoms with Crippen molar-refractivity contribution < 1.29 is 9.53 Å². The molecule has 1 aromatic carbocycles. The number of ether oxygens (including phenoxy) is 1. The zero-order valence-corrected chi connectivity index (χ0v) is 13.3. The van der Waals surface area contributed by atoms with Crippen molar-refractivity contribution in [2.24, 2.45) is 5.92 Å². The first kappa shape index (κ1) is 16.0. The molecule has 0 N–H and O–H groups in total. The van der Waals surface area contributed by atoms with E-state index in [1.165, 1.54) is 0 Å². The van der Waals surface area contributed by atoms with Crippen LogP contribution in [0, 0.1) is 5.92 Å². The van der Waals surface area contributed by atoms with Crippen LogP contribution >= 0.6 is 0 Å². The first-order valence-corrected chi connectivity index (χ1v) is 7.69. The van der Waals surface area contributed by atoms with Gasteiger partial charge in [0, 0.05) is 45.4 Å². The van der Waals surface area contributed by atoms with Crippen LogP contribution in [0.5, 0.6) is 0 Å². The summed E-state index contributed by atoms with van der Waals surface area (Å²) in [4.78, 5) is 17.0. The number of nitrogens with zero attached hydrogens (tertiary/aromatic N) is 2. The number of carbonyl (C=O) groups is 1. The molecule has 0 spiro atoms. The second-order valence-electron chi connectivity index (χ2n) is 6.12. The lowest BCUT2D eigenvalue weighted by Gasteiger charge is -2.35. The molecule has 0 radical (unpaired) electrons. The molecule has 0 atom stereocenters. The maximum atomic E-state index is 12.6.